The molecule has 1 aliphatic rings. The van der Waals surface area contributed by atoms with Gasteiger partial charge in [-0.15, -0.1) is 0 Å². The van der Waals surface area contributed by atoms with Crippen LogP contribution in [0.2, 0.25) is 0 Å². The van der Waals surface area contributed by atoms with Gasteiger partial charge in [0, 0.05) is 5.54 Å². The third-order valence-electron chi connectivity index (χ3n) is 3.04. The van der Waals surface area contributed by atoms with E-state index in [1.54, 1.807) is 0 Å². The molecule has 3 heteroatoms. The van der Waals surface area contributed by atoms with Gasteiger partial charge >= 0.3 is 5.97 Å². The summed E-state index contributed by atoms with van der Waals surface area (Å²) in [7, 11) is 1.41. The van der Waals surface area contributed by atoms with Gasteiger partial charge in [0.1, 0.15) is 0 Å². The van der Waals surface area contributed by atoms with Gasteiger partial charge in [0.15, 0.2) is 0 Å². The molecular formula is C10H19NO2. The van der Waals surface area contributed by atoms with Crippen LogP contribution in [0.1, 0.15) is 39.0 Å². The van der Waals surface area contributed by atoms with E-state index >= 15 is 0 Å². The molecule has 0 aromatic carbocycles. The summed E-state index contributed by atoms with van der Waals surface area (Å²) in [5, 5.41) is 0. The lowest BCUT2D eigenvalue weighted by Crippen LogP contribution is -2.45. The molecule has 0 aromatic rings. The quantitative estimate of drug-likeness (QED) is 0.677. The number of nitrogens with two attached hydrogens (primary N) is 1. The molecule has 76 valence electrons. The van der Waals surface area contributed by atoms with Crippen LogP contribution in [0.4, 0.5) is 0 Å². The average Bonchev–Trinajstić information content (AvgIpc) is 2.55. The first-order valence-corrected chi connectivity index (χ1v) is 4.92. The highest BCUT2D eigenvalue weighted by Gasteiger charge is 2.34. The number of carbonyl (C=O) groups excluding carboxylic acids is 1. The minimum absolute atomic E-state index is 0.197. The normalized spacial score (nSPS) is 22.7. The Kier molecular flexibility index (Phi) is 3.31. The highest BCUT2D eigenvalue weighted by Crippen LogP contribution is 2.34. The molecular weight excluding hydrogens is 166 g/mol. The van der Waals surface area contributed by atoms with Gasteiger partial charge in [-0.2, -0.15) is 0 Å². The number of ether oxygens (including phenoxy) is 1. The zero-order chi connectivity index (χ0) is 9.90. The molecule has 1 atom stereocenters. The van der Waals surface area contributed by atoms with Crippen molar-refractivity contribution in [3.63, 3.8) is 0 Å². The molecule has 1 aliphatic carbocycles. The first kappa shape index (κ1) is 10.5. The Labute approximate surface area is 79.6 Å². The molecule has 1 fully saturated rings. The number of methoxy groups -OCH3 is 1. The molecule has 0 heterocycles. The van der Waals surface area contributed by atoms with Crippen molar-refractivity contribution in [2.45, 2.75) is 44.6 Å². The lowest BCUT2D eigenvalue weighted by Gasteiger charge is -2.30. The SMILES string of the molecule is COC(=O)CC(C)(N)C1CCCC1. The maximum atomic E-state index is 11.1. The van der Waals surface area contributed by atoms with Crippen molar-refractivity contribution < 1.29 is 9.53 Å². The van der Waals surface area contributed by atoms with E-state index in [4.69, 9.17) is 5.73 Å². The summed E-state index contributed by atoms with van der Waals surface area (Å²) in [6, 6.07) is 0. The van der Waals surface area contributed by atoms with E-state index in [1.807, 2.05) is 6.92 Å². The standard InChI is InChI=1S/C10H19NO2/c1-10(11,7-9(12)13-2)8-5-3-4-6-8/h8H,3-7,11H2,1-2H3. The van der Waals surface area contributed by atoms with Crippen LogP contribution in [-0.2, 0) is 9.53 Å². The summed E-state index contributed by atoms with van der Waals surface area (Å²) >= 11 is 0. The highest BCUT2D eigenvalue weighted by atomic mass is 16.5. The second kappa shape index (κ2) is 4.09. The number of esters is 1. The van der Waals surface area contributed by atoms with Gasteiger partial charge in [0.25, 0.3) is 0 Å². The van der Waals surface area contributed by atoms with Gasteiger partial charge in [-0.1, -0.05) is 12.8 Å². The molecule has 2 N–H and O–H groups in total. The third-order valence-corrected chi connectivity index (χ3v) is 3.04. The fraction of sp³-hybridized carbons (Fsp3) is 0.900. The molecule has 0 saturated heterocycles. The Morgan fingerprint density at radius 2 is 2.08 bits per heavy atom. The van der Waals surface area contributed by atoms with E-state index < -0.39 is 0 Å². The fourth-order valence-corrected chi connectivity index (χ4v) is 2.11. The zero-order valence-electron chi connectivity index (χ0n) is 8.51. The second-order valence-electron chi connectivity index (χ2n) is 4.24. The summed E-state index contributed by atoms with van der Waals surface area (Å²) in [4.78, 5) is 11.1. The van der Waals surface area contributed by atoms with E-state index in [1.165, 1.54) is 20.0 Å². The summed E-state index contributed by atoms with van der Waals surface area (Å²) in [5.74, 6) is 0.295. The van der Waals surface area contributed by atoms with Gasteiger partial charge in [0.05, 0.1) is 13.5 Å². The van der Waals surface area contributed by atoms with Crippen molar-refractivity contribution in [1.29, 1.82) is 0 Å². The molecule has 1 rings (SSSR count). The minimum Gasteiger partial charge on any atom is -0.469 e. The van der Waals surface area contributed by atoms with Crippen molar-refractivity contribution in [1.82, 2.24) is 0 Å². The lowest BCUT2D eigenvalue weighted by atomic mass is 9.82. The zero-order valence-corrected chi connectivity index (χ0v) is 8.51. The van der Waals surface area contributed by atoms with Gasteiger partial charge < -0.3 is 10.5 Å². The van der Waals surface area contributed by atoms with Crippen molar-refractivity contribution in [2.75, 3.05) is 7.11 Å². The Hall–Kier alpha value is -0.570. The van der Waals surface area contributed by atoms with Gasteiger partial charge in [-0.05, 0) is 25.7 Å². The first-order valence-electron chi connectivity index (χ1n) is 4.92. The van der Waals surface area contributed by atoms with Crippen LogP contribution in [0.15, 0.2) is 0 Å². The van der Waals surface area contributed by atoms with Gasteiger partial charge in [-0.3, -0.25) is 4.79 Å². The number of hydrogen-bond acceptors (Lipinski definition) is 3. The second-order valence-corrected chi connectivity index (χ2v) is 4.24. The van der Waals surface area contributed by atoms with Crippen LogP contribution in [0.3, 0.4) is 0 Å². The Morgan fingerprint density at radius 3 is 2.54 bits per heavy atom. The van der Waals surface area contributed by atoms with Crippen molar-refractivity contribution in [3.8, 4) is 0 Å². The summed E-state index contributed by atoms with van der Waals surface area (Å²) in [6.45, 7) is 1.96. The fourth-order valence-electron chi connectivity index (χ4n) is 2.11. The van der Waals surface area contributed by atoms with Crippen LogP contribution in [0, 0.1) is 5.92 Å². The van der Waals surface area contributed by atoms with Crippen LogP contribution in [0.25, 0.3) is 0 Å². The largest absolute Gasteiger partial charge is 0.469 e. The number of hydrogen-bond donors (Lipinski definition) is 1. The number of rotatable bonds is 3. The topological polar surface area (TPSA) is 52.3 Å². The van der Waals surface area contributed by atoms with Crippen molar-refractivity contribution in [2.24, 2.45) is 11.7 Å². The molecule has 0 aliphatic heterocycles. The molecule has 0 bridgehead atoms. The highest BCUT2D eigenvalue weighted by molar-refractivity contribution is 5.70. The lowest BCUT2D eigenvalue weighted by molar-refractivity contribution is -0.142. The van der Waals surface area contributed by atoms with Crippen LogP contribution in [-0.4, -0.2) is 18.6 Å². The van der Waals surface area contributed by atoms with E-state index in [9.17, 15) is 4.79 Å². The minimum atomic E-state index is -0.371. The Morgan fingerprint density at radius 1 is 1.54 bits per heavy atom. The molecule has 13 heavy (non-hydrogen) atoms. The van der Waals surface area contributed by atoms with E-state index in [0.717, 1.165) is 12.8 Å². The first-order chi connectivity index (χ1) is 6.06. The van der Waals surface area contributed by atoms with Crippen LogP contribution >= 0.6 is 0 Å². The van der Waals surface area contributed by atoms with Gasteiger partial charge in [-0.25, -0.2) is 0 Å². The molecule has 0 radical (unpaired) electrons. The maximum Gasteiger partial charge on any atom is 0.307 e. The predicted molar refractivity (Wildman–Crippen MR) is 51.2 cm³/mol. The summed E-state index contributed by atoms with van der Waals surface area (Å²) < 4.78 is 4.63. The van der Waals surface area contributed by atoms with Crippen molar-refractivity contribution >= 4 is 5.97 Å². The maximum absolute atomic E-state index is 11.1. The van der Waals surface area contributed by atoms with E-state index in [2.05, 4.69) is 4.74 Å². The van der Waals surface area contributed by atoms with Crippen LogP contribution < -0.4 is 5.73 Å². The smallest absolute Gasteiger partial charge is 0.307 e. The third kappa shape index (κ3) is 2.69. The van der Waals surface area contributed by atoms with Gasteiger partial charge in [0.2, 0.25) is 0 Å². The molecule has 0 aromatic heterocycles. The molecule has 3 nitrogen and oxygen atoms in total. The molecule has 0 spiro atoms. The molecule has 1 unspecified atom stereocenters. The number of carbonyl (C=O) groups is 1. The predicted octanol–water partition coefficient (Wildman–Crippen LogP) is 1.46. The van der Waals surface area contributed by atoms with E-state index in [-0.39, 0.29) is 11.5 Å². The Bertz CT molecular complexity index is 183. The summed E-state index contributed by atoms with van der Waals surface area (Å²) in [5.41, 5.74) is 5.73. The monoisotopic (exact) mass is 185 g/mol. The van der Waals surface area contributed by atoms with Crippen LogP contribution in [0.5, 0.6) is 0 Å². The van der Waals surface area contributed by atoms with E-state index in [0.29, 0.717) is 12.3 Å². The Balaban J connectivity index is 2.48. The summed E-state index contributed by atoms with van der Waals surface area (Å²) in [6.07, 6.45) is 5.15. The molecule has 0 amide bonds. The molecule has 1 saturated carbocycles. The average molecular weight is 185 g/mol. The van der Waals surface area contributed by atoms with Crippen molar-refractivity contribution in [3.05, 3.63) is 0 Å².